The number of rotatable bonds is 4. The molecular formula is C11H12N2O2S3. The minimum Gasteiger partial charge on any atom is -0.481 e. The van der Waals surface area contributed by atoms with Crippen molar-refractivity contribution in [1.82, 2.24) is 9.97 Å². The number of hydrogen-bond donors (Lipinski definition) is 1. The van der Waals surface area contributed by atoms with Crippen LogP contribution in [-0.4, -0.2) is 21.0 Å². The van der Waals surface area contributed by atoms with E-state index in [2.05, 4.69) is 9.97 Å². The molecule has 0 aliphatic heterocycles. The molecule has 0 saturated heterocycles. The zero-order valence-corrected chi connectivity index (χ0v) is 12.6. The molecule has 2 rings (SSSR count). The van der Waals surface area contributed by atoms with Gasteiger partial charge in [0, 0.05) is 9.75 Å². The highest BCUT2D eigenvalue weighted by Crippen LogP contribution is 2.36. The maximum absolute atomic E-state index is 10.7. The van der Waals surface area contributed by atoms with Gasteiger partial charge in [0.15, 0.2) is 8.68 Å². The molecule has 0 fully saturated rings. The highest BCUT2D eigenvalue weighted by Gasteiger charge is 2.13. The maximum Gasteiger partial charge on any atom is 0.308 e. The van der Waals surface area contributed by atoms with E-state index in [9.17, 15) is 4.79 Å². The molecule has 0 aromatic carbocycles. The lowest BCUT2D eigenvalue weighted by molar-refractivity contribution is -0.136. The van der Waals surface area contributed by atoms with E-state index in [1.807, 2.05) is 20.8 Å². The second-order valence-electron chi connectivity index (χ2n) is 3.78. The molecule has 4 nitrogen and oxygen atoms in total. The fourth-order valence-corrected chi connectivity index (χ4v) is 4.88. The first kappa shape index (κ1) is 13.5. The molecule has 96 valence electrons. The highest BCUT2D eigenvalue weighted by molar-refractivity contribution is 8.02. The lowest BCUT2D eigenvalue weighted by Gasteiger charge is -1.90. The lowest BCUT2D eigenvalue weighted by atomic mass is 10.3. The first-order chi connectivity index (χ1) is 8.45. The third-order valence-electron chi connectivity index (χ3n) is 2.37. The van der Waals surface area contributed by atoms with E-state index in [0.717, 1.165) is 24.9 Å². The van der Waals surface area contributed by atoms with Gasteiger partial charge in [-0.05, 0) is 32.5 Å². The van der Waals surface area contributed by atoms with Gasteiger partial charge in [-0.1, -0.05) is 0 Å². The molecule has 18 heavy (non-hydrogen) atoms. The molecule has 0 aliphatic carbocycles. The van der Waals surface area contributed by atoms with Crippen LogP contribution in [0.1, 0.15) is 21.1 Å². The molecule has 0 unspecified atom stereocenters. The van der Waals surface area contributed by atoms with Crippen molar-refractivity contribution in [3.8, 4) is 0 Å². The summed E-state index contributed by atoms with van der Waals surface area (Å²) >= 11 is 4.58. The first-order valence-corrected chi connectivity index (χ1v) is 7.70. The van der Waals surface area contributed by atoms with Crippen LogP contribution >= 0.6 is 34.4 Å². The van der Waals surface area contributed by atoms with Gasteiger partial charge in [-0.3, -0.25) is 4.79 Å². The Labute approximate surface area is 117 Å². The van der Waals surface area contributed by atoms with Gasteiger partial charge in [-0.15, -0.1) is 22.7 Å². The number of aryl methyl sites for hydroxylation is 3. The van der Waals surface area contributed by atoms with Crippen molar-refractivity contribution in [2.75, 3.05) is 0 Å². The van der Waals surface area contributed by atoms with Crippen LogP contribution in [0.4, 0.5) is 0 Å². The number of thiazole rings is 2. The van der Waals surface area contributed by atoms with Crippen LogP contribution in [0.15, 0.2) is 8.68 Å². The Hall–Kier alpha value is -0.920. The van der Waals surface area contributed by atoms with E-state index in [-0.39, 0.29) is 6.42 Å². The summed E-state index contributed by atoms with van der Waals surface area (Å²) in [6.07, 6.45) is 0.0417. The molecule has 0 atom stereocenters. The molecular weight excluding hydrogens is 288 g/mol. The van der Waals surface area contributed by atoms with Gasteiger partial charge < -0.3 is 5.11 Å². The van der Waals surface area contributed by atoms with Gasteiger partial charge in [0.05, 0.1) is 17.8 Å². The summed E-state index contributed by atoms with van der Waals surface area (Å²) in [5, 5.41) is 8.79. The molecule has 2 aromatic rings. The summed E-state index contributed by atoms with van der Waals surface area (Å²) in [5.74, 6) is -0.820. The third-order valence-corrected chi connectivity index (χ3v) is 5.72. The van der Waals surface area contributed by atoms with Crippen LogP contribution in [0.2, 0.25) is 0 Å². The van der Waals surface area contributed by atoms with Crippen molar-refractivity contribution in [1.29, 1.82) is 0 Å². The fraction of sp³-hybridized carbons (Fsp3) is 0.364. The minimum absolute atomic E-state index is 0.0417. The second kappa shape index (κ2) is 5.38. The topological polar surface area (TPSA) is 63.1 Å². The molecule has 0 radical (unpaired) electrons. The predicted octanol–water partition coefficient (Wildman–Crippen LogP) is 3.30. The molecule has 2 heterocycles. The van der Waals surface area contributed by atoms with E-state index in [1.54, 1.807) is 11.3 Å². The van der Waals surface area contributed by atoms with E-state index < -0.39 is 5.97 Å². The lowest BCUT2D eigenvalue weighted by Crippen LogP contribution is -1.99. The van der Waals surface area contributed by atoms with Crippen molar-refractivity contribution in [2.45, 2.75) is 35.9 Å². The van der Waals surface area contributed by atoms with E-state index >= 15 is 0 Å². The summed E-state index contributed by atoms with van der Waals surface area (Å²) in [6.45, 7) is 5.87. The maximum atomic E-state index is 10.7. The molecule has 2 aromatic heterocycles. The Kier molecular flexibility index (Phi) is 4.04. The molecule has 1 N–H and O–H groups in total. The third kappa shape index (κ3) is 3.09. The molecule has 7 heteroatoms. The largest absolute Gasteiger partial charge is 0.481 e. The van der Waals surface area contributed by atoms with Crippen LogP contribution in [0.3, 0.4) is 0 Å². The zero-order chi connectivity index (χ0) is 13.3. The summed E-state index contributed by atoms with van der Waals surface area (Å²) in [5.41, 5.74) is 1.84. The fourth-order valence-electron chi connectivity index (χ4n) is 1.31. The summed E-state index contributed by atoms with van der Waals surface area (Å²) < 4.78 is 1.82. The second-order valence-corrected chi connectivity index (χ2v) is 7.56. The highest BCUT2D eigenvalue weighted by atomic mass is 32.2. The Balaban J connectivity index is 2.17. The van der Waals surface area contributed by atoms with Gasteiger partial charge in [0.25, 0.3) is 0 Å². The summed E-state index contributed by atoms with van der Waals surface area (Å²) in [7, 11) is 0. The van der Waals surface area contributed by atoms with Gasteiger partial charge in [0.1, 0.15) is 0 Å². The average molecular weight is 300 g/mol. The number of hydrogen-bond acceptors (Lipinski definition) is 6. The monoisotopic (exact) mass is 300 g/mol. The molecule has 0 amide bonds. The van der Waals surface area contributed by atoms with Crippen molar-refractivity contribution in [3.63, 3.8) is 0 Å². The van der Waals surface area contributed by atoms with Crippen LogP contribution < -0.4 is 0 Å². The first-order valence-electron chi connectivity index (χ1n) is 5.25. The number of aliphatic carboxylic acids is 1. The van der Waals surface area contributed by atoms with Gasteiger partial charge >= 0.3 is 5.97 Å². The quantitative estimate of drug-likeness (QED) is 0.938. The Morgan fingerprint density at radius 2 is 1.78 bits per heavy atom. The van der Waals surface area contributed by atoms with E-state index in [4.69, 9.17) is 5.11 Å². The van der Waals surface area contributed by atoms with Crippen LogP contribution in [0.5, 0.6) is 0 Å². The predicted molar refractivity (Wildman–Crippen MR) is 73.9 cm³/mol. The Morgan fingerprint density at radius 3 is 2.33 bits per heavy atom. The zero-order valence-electron chi connectivity index (χ0n) is 10.2. The smallest absolute Gasteiger partial charge is 0.308 e. The Morgan fingerprint density at radius 1 is 1.17 bits per heavy atom. The van der Waals surface area contributed by atoms with Crippen LogP contribution in [-0.2, 0) is 11.2 Å². The normalized spacial score (nSPS) is 10.8. The minimum atomic E-state index is -0.820. The molecule has 0 saturated carbocycles. The van der Waals surface area contributed by atoms with Gasteiger partial charge in [0.2, 0.25) is 0 Å². The van der Waals surface area contributed by atoms with Crippen molar-refractivity contribution < 1.29 is 9.90 Å². The standard InChI is InChI=1S/C11H12N2O2S3/c1-5-7(3)16-10(12-5)18-11-13-6(2)8(17-11)4-9(14)15/h4H2,1-3H3,(H,14,15). The average Bonchev–Trinajstić information content (AvgIpc) is 2.72. The number of aromatic nitrogens is 2. The number of carboxylic acids is 1. The van der Waals surface area contributed by atoms with Crippen molar-refractivity contribution in [3.05, 3.63) is 21.1 Å². The number of carboxylic acid groups (broad SMARTS) is 1. The Bertz CT molecular complexity index is 570. The number of nitrogens with zero attached hydrogens (tertiary/aromatic N) is 2. The van der Waals surface area contributed by atoms with Crippen molar-refractivity contribution >= 4 is 40.4 Å². The molecule has 0 bridgehead atoms. The van der Waals surface area contributed by atoms with Crippen LogP contribution in [0, 0.1) is 20.8 Å². The molecule has 0 aliphatic rings. The summed E-state index contributed by atoms with van der Waals surface area (Å²) in [4.78, 5) is 21.5. The van der Waals surface area contributed by atoms with Gasteiger partial charge in [-0.25, -0.2) is 9.97 Å². The van der Waals surface area contributed by atoms with Crippen molar-refractivity contribution in [2.24, 2.45) is 0 Å². The van der Waals surface area contributed by atoms with Crippen LogP contribution in [0.25, 0.3) is 0 Å². The summed E-state index contributed by atoms with van der Waals surface area (Å²) in [6, 6.07) is 0. The number of carbonyl (C=O) groups is 1. The van der Waals surface area contributed by atoms with E-state index in [1.165, 1.54) is 28.0 Å². The van der Waals surface area contributed by atoms with Gasteiger partial charge in [-0.2, -0.15) is 0 Å². The van der Waals surface area contributed by atoms with E-state index in [0.29, 0.717) is 0 Å². The SMILES string of the molecule is Cc1nc(Sc2nc(C)c(CC(=O)O)s2)sc1C. The molecule has 0 spiro atoms.